The molecule has 18 heavy (non-hydrogen) atoms. The zero-order chi connectivity index (χ0) is 13.1. The zero-order valence-corrected chi connectivity index (χ0v) is 10.1. The van der Waals surface area contributed by atoms with E-state index in [2.05, 4.69) is 5.32 Å². The maximum atomic E-state index is 11.7. The van der Waals surface area contributed by atoms with E-state index in [9.17, 15) is 9.59 Å². The number of carbonyl (C=O) groups is 2. The van der Waals surface area contributed by atoms with Crippen molar-refractivity contribution in [1.82, 2.24) is 0 Å². The van der Waals surface area contributed by atoms with E-state index >= 15 is 0 Å². The van der Waals surface area contributed by atoms with Gasteiger partial charge in [0.25, 0.3) is 0 Å². The third kappa shape index (κ3) is 3.00. The molecule has 1 aromatic carbocycles. The van der Waals surface area contributed by atoms with Crippen LogP contribution in [0.3, 0.4) is 0 Å². The number of carboxylic acid groups (broad SMARTS) is 1. The number of methoxy groups -OCH3 is 1. The first-order valence-electron chi connectivity index (χ1n) is 5.81. The van der Waals surface area contributed by atoms with Gasteiger partial charge in [0.2, 0.25) is 5.91 Å². The van der Waals surface area contributed by atoms with Gasteiger partial charge in [-0.25, -0.2) is 4.79 Å². The molecule has 0 saturated heterocycles. The molecule has 0 unspecified atom stereocenters. The fourth-order valence-electron chi connectivity index (χ4n) is 1.72. The lowest BCUT2D eigenvalue weighted by Gasteiger charge is -2.10. The zero-order valence-electron chi connectivity index (χ0n) is 10.1. The quantitative estimate of drug-likeness (QED) is 0.838. The Kier molecular flexibility index (Phi) is 3.50. The van der Waals surface area contributed by atoms with Crippen LogP contribution in [0.25, 0.3) is 0 Å². The molecule has 0 radical (unpaired) electrons. The minimum absolute atomic E-state index is 0.0988. The topological polar surface area (TPSA) is 75.6 Å². The summed E-state index contributed by atoms with van der Waals surface area (Å²) in [5.74, 6) is -0.184. The second-order valence-electron chi connectivity index (χ2n) is 4.42. The Hall–Kier alpha value is -2.04. The number of hydrogen-bond acceptors (Lipinski definition) is 3. The van der Waals surface area contributed by atoms with Gasteiger partial charge in [0.1, 0.15) is 5.75 Å². The smallest absolute Gasteiger partial charge is 0.335 e. The van der Waals surface area contributed by atoms with Gasteiger partial charge in [0.05, 0.1) is 18.4 Å². The predicted octanol–water partition coefficient (Wildman–Crippen LogP) is 2.13. The summed E-state index contributed by atoms with van der Waals surface area (Å²) < 4.78 is 5.09. The maximum absolute atomic E-state index is 11.7. The second-order valence-corrected chi connectivity index (χ2v) is 4.42. The monoisotopic (exact) mass is 249 g/mol. The molecule has 0 atom stereocenters. The van der Waals surface area contributed by atoms with Gasteiger partial charge < -0.3 is 15.2 Å². The lowest BCUT2D eigenvalue weighted by molar-refractivity contribution is -0.116. The summed E-state index contributed by atoms with van der Waals surface area (Å²) in [6.07, 6.45) is 2.68. The second kappa shape index (κ2) is 5.08. The molecule has 96 valence electrons. The number of ether oxygens (including phenoxy) is 1. The first-order chi connectivity index (χ1) is 8.60. The van der Waals surface area contributed by atoms with Crippen molar-refractivity contribution >= 4 is 17.6 Å². The molecule has 1 amide bonds. The molecule has 5 heteroatoms. The molecule has 1 fully saturated rings. The van der Waals surface area contributed by atoms with Crippen LogP contribution in [-0.4, -0.2) is 24.1 Å². The number of amides is 1. The summed E-state index contributed by atoms with van der Waals surface area (Å²) in [7, 11) is 1.48. The number of anilines is 1. The van der Waals surface area contributed by atoms with Gasteiger partial charge in [-0.2, -0.15) is 0 Å². The Morgan fingerprint density at radius 3 is 2.72 bits per heavy atom. The van der Waals surface area contributed by atoms with Gasteiger partial charge in [-0.15, -0.1) is 0 Å². The molecule has 5 nitrogen and oxygen atoms in total. The average Bonchev–Trinajstić information content (AvgIpc) is 3.12. The standard InChI is InChI=1S/C13H15NO4/c1-18-11-5-4-9(13(16)17)7-10(11)14-12(15)6-8-2-3-8/h4-5,7-8H,2-3,6H2,1H3,(H,14,15)(H,16,17). The summed E-state index contributed by atoms with van der Waals surface area (Å²) in [5.41, 5.74) is 0.528. The Morgan fingerprint density at radius 2 is 2.17 bits per heavy atom. The van der Waals surface area contributed by atoms with Crippen molar-refractivity contribution in [3.8, 4) is 5.75 Å². The SMILES string of the molecule is COc1ccc(C(=O)O)cc1NC(=O)CC1CC1. The fraction of sp³-hybridized carbons (Fsp3) is 0.385. The summed E-state index contributed by atoms with van der Waals surface area (Å²) in [6, 6.07) is 4.39. The molecule has 1 saturated carbocycles. The lowest BCUT2D eigenvalue weighted by Crippen LogP contribution is -2.13. The largest absolute Gasteiger partial charge is 0.495 e. The maximum Gasteiger partial charge on any atom is 0.335 e. The minimum Gasteiger partial charge on any atom is -0.495 e. The van der Waals surface area contributed by atoms with Crippen LogP contribution in [0.15, 0.2) is 18.2 Å². The van der Waals surface area contributed by atoms with Crippen molar-refractivity contribution in [1.29, 1.82) is 0 Å². The Balaban J connectivity index is 2.14. The van der Waals surface area contributed by atoms with Crippen molar-refractivity contribution in [2.75, 3.05) is 12.4 Å². The van der Waals surface area contributed by atoms with E-state index in [0.29, 0.717) is 23.8 Å². The predicted molar refractivity (Wildman–Crippen MR) is 65.9 cm³/mol. The van der Waals surface area contributed by atoms with Crippen LogP contribution >= 0.6 is 0 Å². The molecular formula is C13H15NO4. The van der Waals surface area contributed by atoms with Crippen molar-refractivity contribution in [3.05, 3.63) is 23.8 Å². The van der Waals surface area contributed by atoms with Crippen molar-refractivity contribution in [2.45, 2.75) is 19.3 Å². The molecule has 2 N–H and O–H groups in total. The third-order valence-electron chi connectivity index (χ3n) is 2.89. The molecule has 2 rings (SSSR count). The highest BCUT2D eigenvalue weighted by molar-refractivity contribution is 5.95. The van der Waals surface area contributed by atoms with Gasteiger partial charge >= 0.3 is 5.97 Å². The van der Waals surface area contributed by atoms with Crippen molar-refractivity contribution < 1.29 is 19.4 Å². The molecule has 0 spiro atoms. The van der Waals surface area contributed by atoms with Gasteiger partial charge in [0.15, 0.2) is 0 Å². The first-order valence-corrected chi connectivity index (χ1v) is 5.81. The number of aromatic carboxylic acids is 1. The lowest BCUT2D eigenvalue weighted by atomic mass is 10.1. The van der Waals surface area contributed by atoms with E-state index < -0.39 is 5.97 Å². The Labute approximate surface area is 105 Å². The van der Waals surface area contributed by atoms with Crippen molar-refractivity contribution in [2.24, 2.45) is 5.92 Å². The molecule has 0 heterocycles. The molecule has 1 aliphatic carbocycles. The summed E-state index contributed by atoms with van der Waals surface area (Å²) in [4.78, 5) is 22.6. The highest BCUT2D eigenvalue weighted by atomic mass is 16.5. The first kappa shape index (κ1) is 12.4. The van der Waals surface area contributed by atoms with E-state index in [1.165, 1.54) is 25.3 Å². The summed E-state index contributed by atoms with van der Waals surface area (Å²) >= 11 is 0. The Morgan fingerprint density at radius 1 is 1.44 bits per heavy atom. The fourth-order valence-corrected chi connectivity index (χ4v) is 1.72. The number of hydrogen-bond donors (Lipinski definition) is 2. The normalized spacial score (nSPS) is 14.1. The molecular weight excluding hydrogens is 234 g/mol. The van der Waals surface area contributed by atoms with Crippen LogP contribution in [-0.2, 0) is 4.79 Å². The van der Waals surface area contributed by atoms with E-state index in [-0.39, 0.29) is 11.5 Å². The molecule has 0 aromatic heterocycles. The number of carbonyl (C=O) groups excluding carboxylic acids is 1. The summed E-state index contributed by atoms with van der Waals surface area (Å²) in [5, 5.41) is 11.6. The van der Waals surface area contributed by atoms with Crippen LogP contribution in [0.5, 0.6) is 5.75 Å². The number of nitrogens with one attached hydrogen (secondary N) is 1. The van der Waals surface area contributed by atoms with E-state index in [0.717, 1.165) is 12.8 Å². The molecule has 0 aliphatic heterocycles. The van der Waals surface area contributed by atoms with E-state index in [4.69, 9.17) is 9.84 Å². The molecule has 1 aromatic rings. The van der Waals surface area contributed by atoms with E-state index in [1.807, 2.05) is 0 Å². The number of rotatable bonds is 5. The highest BCUT2D eigenvalue weighted by Gasteiger charge is 2.24. The highest BCUT2D eigenvalue weighted by Crippen LogP contribution is 2.33. The van der Waals surface area contributed by atoms with Crippen LogP contribution < -0.4 is 10.1 Å². The van der Waals surface area contributed by atoms with Crippen molar-refractivity contribution in [3.63, 3.8) is 0 Å². The minimum atomic E-state index is -1.03. The number of benzene rings is 1. The van der Waals surface area contributed by atoms with Gasteiger partial charge in [-0.1, -0.05) is 0 Å². The Bertz CT molecular complexity index is 480. The van der Waals surface area contributed by atoms with Gasteiger partial charge in [-0.3, -0.25) is 4.79 Å². The van der Waals surface area contributed by atoms with Crippen LogP contribution in [0.4, 0.5) is 5.69 Å². The average molecular weight is 249 g/mol. The number of carboxylic acids is 1. The van der Waals surface area contributed by atoms with Gasteiger partial charge in [-0.05, 0) is 37.0 Å². The van der Waals surface area contributed by atoms with Crippen LogP contribution in [0, 0.1) is 5.92 Å². The third-order valence-corrected chi connectivity index (χ3v) is 2.89. The summed E-state index contributed by atoms with van der Waals surface area (Å²) in [6.45, 7) is 0. The molecule has 0 bridgehead atoms. The van der Waals surface area contributed by atoms with Gasteiger partial charge in [0, 0.05) is 6.42 Å². The van der Waals surface area contributed by atoms with E-state index in [1.54, 1.807) is 0 Å². The molecule has 1 aliphatic rings. The van der Waals surface area contributed by atoms with Crippen LogP contribution in [0.1, 0.15) is 29.6 Å². The van der Waals surface area contributed by atoms with Crippen LogP contribution in [0.2, 0.25) is 0 Å².